The Hall–Kier alpha value is -1.43. The predicted octanol–water partition coefficient (Wildman–Crippen LogP) is 2.22. The number of hydrogen-bond acceptors (Lipinski definition) is 3. The van der Waals surface area contributed by atoms with Gasteiger partial charge in [0.15, 0.2) is 0 Å². The summed E-state index contributed by atoms with van der Waals surface area (Å²) in [6.07, 6.45) is 1.56. The molecule has 6 heteroatoms. The van der Waals surface area contributed by atoms with Crippen molar-refractivity contribution in [2.24, 2.45) is 0 Å². The second kappa shape index (κ2) is 6.83. The van der Waals surface area contributed by atoms with E-state index in [0.29, 0.717) is 16.7 Å². The average Bonchev–Trinajstić information content (AvgIpc) is 2.33. The number of aromatic nitrogens is 1. The van der Waals surface area contributed by atoms with Gasteiger partial charge < -0.3 is 10.2 Å². The van der Waals surface area contributed by atoms with Crippen molar-refractivity contribution in [2.75, 3.05) is 13.1 Å². The smallest absolute Gasteiger partial charge is 0.254 e. The van der Waals surface area contributed by atoms with Gasteiger partial charge in [0.25, 0.3) is 5.91 Å². The molecule has 0 aliphatic rings. The zero-order valence-electron chi connectivity index (χ0n) is 12.2. The standard InChI is InChI=1S/C14H20BrN3O2/c1-5-18(9-12(19)17-14(2,3)4)13(20)10-6-7-16-11(15)8-10/h6-8H,5,9H2,1-4H3,(H,17,19). The molecule has 110 valence electrons. The highest BCUT2D eigenvalue weighted by atomic mass is 79.9. The van der Waals surface area contributed by atoms with Crippen molar-refractivity contribution in [3.05, 3.63) is 28.5 Å². The summed E-state index contributed by atoms with van der Waals surface area (Å²) in [5.41, 5.74) is 0.205. The normalized spacial score (nSPS) is 11.1. The van der Waals surface area contributed by atoms with Gasteiger partial charge in [0, 0.05) is 23.8 Å². The van der Waals surface area contributed by atoms with Crippen LogP contribution in [-0.2, 0) is 4.79 Å². The molecule has 5 nitrogen and oxygen atoms in total. The summed E-state index contributed by atoms with van der Waals surface area (Å²) in [6.45, 7) is 8.08. The van der Waals surface area contributed by atoms with E-state index in [4.69, 9.17) is 0 Å². The van der Waals surface area contributed by atoms with E-state index in [9.17, 15) is 9.59 Å². The minimum atomic E-state index is -0.306. The van der Waals surface area contributed by atoms with E-state index in [1.165, 1.54) is 4.90 Å². The highest BCUT2D eigenvalue weighted by Crippen LogP contribution is 2.10. The number of nitrogens with zero attached hydrogens (tertiary/aromatic N) is 2. The number of hydrogen-bond donors (Lipinski definition) is 1. The summed E-state index contributed by atoms with van der Waals surface area (Å²) in [5.74, 6) is -0.347. The Bertz CT molecular complexity index is 497. The largest absolute Gasteiger partial charge is 0.350 e. The molecule has 0 unspecified atom stereocenters. The van der Waals surface area contributed by atoms with Gasteiger partial charge in [-0.3, -0.25) is 9.59 Å². The summed E-state index contributed by atoms with van der Waals surface area (Å²) in [5, 5.41) is 2.85. The Morgan fingerprint density at radius 1 is 1.40 bits per heavy atom. The second-order valence-corrected chi connectivity index (χ2v) is 6.30. The maximum absolute atomic E-state index is 12.3. The molecule has 0 saturated heterocycles. The molecule has 1 heterocycles. The SMILES string of the molecule is CCN(CC(=O)NC(C)(C)C)C(=O)c1ccnc(Br)c1. The fourth-order valence-corrected chi connectivity index (χ4v) is 2.04. The number of nitrogens with one attached hydrogen (secondary N) is 1. The Labute approximate surface area is 127 Å². The minimum Gasteiger partial charge on any atom is -0.350 e. The molecule has 0 radical (unpaired) electrons. The highest BCUT2D eigenvalue weighted by molar-refractivity contribution is 9.10. The number of rotatable bonds is 4. The van der Waals surface area contributed by atoms with Gasteiger partial charge >= 0.3 is 0 Å². The van der Waals surface area contributed by atoms with E-state index in [0.717, 1.165) is 0 Å². The van der Waals surface area contributed by atoms with Gasteiger partial charge in [-0.15, -0.1) is 0 Å². The van der Waals surface area contributed by atoms with Crippen molar-refractivity contribution in [1.82, 2.24) is 15.2 Å². The third-order valence-electron chi connectivity index (χ3n) is 2.49. The molecule has 0 fully saturated rings. The Morgan fingerprint density at radius 3 is 2.55 bits per heavy atom. The zero-order chi connectivity index (χ0) is 15.3. The van der Waals surface area contributed by atoms with Crippen molar-refractivity contribution in [3.8, 4) is 0 Å². The van der Waals surface area contributed by atoms with E-state index in [-0.39, 0.29) is 23.9 Å². The third-order valence-corrected chi connectivity index (χ3v) is 2.93. The van der Waals surface area contributed by atoms with Crippen LogP contribution in [0.1, 0.15) is 38.1 Å². The van der Waals surface area contributed by atoms with Crippen LogP contribution in [-0.4, -0.2) is 40.3 Å². The molecule has 0 spiro atoms. The lowest BCUT2D eigenvalue weighted by atomic mass is 10.1. The van der Waals surface area contributed by atoms with Crippen LogP contribution in [0, 0.1) is 0 Å². The van der Waals surface area contributed by atoms with Crippen LogP contribution in [0.25, 0.3) is 0 Å². The van der Waals surface area contributed by atoms with Crippen LogP contribution in [0.4, 0.5) is 0 Å². The Balaban J connectivity index is 2.76. The Kier molecular flexibility index (Phi) is 5.68. The van der Waals surface area contributed by atoms with Crippen LogP contribution in [0.15, 0.2) is 22.9 Å². The lowest BCUT2D eigenvalue weighted by Crippen LogP contribution is -2.47. The van der Waals surface area contributed by atoms with Crippen molar-refractivity contribution in [3.63, 3.8) is 0 Å². The first-order valence-corrected chi connectivity index (χ1v) is 7.24. The van der Waals surface area contributed by atoms with E-state index < -0.39 is 0 Å². The molecule has 0 aromatic carbocycles. The highest BCUT2D eigenvalue weighted by Gasteiger charge is 2.20. The van der Waals surface area contributed by atoms with Crippen LogP contribution >= 0.6 is 15.9 Å². The summed E-state index contributed by atoms with van der Waals surface area (Å²) in [7, 11) is 0. The molecule has 1 N–H and O–H groups in total. The van der Waals surface area contributed by atoms with Crippen molar-refractivity contribution >= 4 is 27.7 Å². The Morgan fingerprint density at radius 2 is 2.05 bits per heavy atom. The van der Waals surface area contributed by atoms with Crippen LogP contribution < -0.4 is 5.32 Å². The van der Waals surface area contributed by atoms with Crippen LogP contribution in [0.2, 0.25) is 0 Å². The van der Waals surface area contributed by atoms with Gasteiger partial charge in [0.1, 0.15) is 4.60 Å². The quantitative estimate of drug-likeness (QED) is 0.854. The molecular formula is C14H20BrN3O2. The zero-order valence-corrected chi connectivity index (χ0v) is 13.8. The molecule has 20 heavy (non-hydrogen) atoms. The summed E-state index contributed by atoms with van der Waals surface area (Å²) >= 11 is 3.23. The minimum absolute atomic E-state index is 0.0482. The van der Waals surface area contributed by atoms with Crippen molar-refractivity contribution in [1.29, 1.82) is 0 Å². The first kappa shape index (κ1) is 16.6. The van der Waals surface area contributed by atoms with Crippen molar-refractivity contribution in [2.45, 2.75) is 33.2 Å². The number of halogens is 1. The first-order chi connectivity index (χ1) is 9.23. The van der Waals surface area contributed by atoms with Gasteiger partial charge in [-0.25, -0.2) is 4.98 Å². The number of carbonyl (C=O) groups excluding carboxylic acids is 2. The van der Waals surface area contributed by atoms with Gasteiger partial charge in [0.2, 0.25) is 5.91 Å². The molecular weight excluding hydrogens is 322 g/mol. The van der Waals surface area contributed by atoms with Gasteiger partial charge in [-0.05, 0) is 55.8 Å². The third kappa shape index (κ3) is 5.28. The first-order valence-electron chi connectivity index (χ1n) is 6.45. The topological polar surface area (TPSA) is 62.3 Å². The van der Waals surface area contributed by atoms with Gasteiger partial charge in [-0.1, -0.05) is 0 Å². The molecule has 0 saturated carbocycles. The number of carbonyl (C=O) groups is 2. The van der Waals surface area contributed by atoms with Crippen LogP contribution in [0.5, 0.6) is 0 Å². The average molecular weight is 342 g/mol. The number of amides is 2. The predicted molar refractivity (Wildman–Crippen MR) is 81.4 cm³/mol. The summed E-state index contributed by atoms with van der Waals surface area (Å²) < 4.78 is 0.596. The maximum atomic E-state index is 12.3. The molecule has 1 rings (SSSR count). The second-order valence-electron chi connectivity index (χ2n) is 5.48. The molecule has 1 aromatic rings. The fourth-order valence-electron chi connectivity index (χ4n) is 1.68. The molecule has 1 aromatic heterocycles. The molecule has 2 amide bonds. The fraction of sp³-hybridized carbons (Fsp3) is 0.500. The summed E-state index contributed by atoms with van der Waals surface area (Å²) in [4.78, 5) is 29.7. The van der Waals surface area contributed by atoms with E-state index in [1.807, 2.05) is 27.7 Å². The van der Waals surface area contributed by atoms with E-state index in [2.05, 4.69) is 26.2 Å². The van der Waals surface area contributed by atoms with Crippen molar-refractivity contribution < 1.29 is 9.59 Å². The van der Waals surface area contributed by atoms with Gasteiger partial charge in [-0.2, -0.15) is 0 Å². The molecule has 0 aliphatic carbocycles. The van der Waals surface area contributed by atoms with E-state index in [1.54, 1.807) is 18.3 Å². The number of pyridine rings is 1. The molecule has 0 atom stereocenters. The lowest BCUT2D eigenvalue weighted by molar-refractivity contribution is -0.123. The van der Waals surface area contributed by atoms with Gasteiger partial charge in [0.05, 0.1) is 6.54 Å². The monoisotopic (exact) mass is 341 g/mol. The van der Waals surface area contributed by atoms with E-state index >= 15 is 0 Å². The molecule has 0 aliphatic heterocycles. The lowest BCUT2D eigenvalue weighted by Gasteiger charge is -2.25. The maximum Gasteiger partial charge on any atom is 0.254 e. The summed E-state index contributed by atoms with van der Waals surface area (Å²) in [6, 6.07) is 3.28. The molecule has 0 bridgehead atoms. The van der Waals surface area contributed by atoms with Crippen LogP contribution in [0.3, 0.4) is 0 Å². The number of likely N-dealkylation sites (N-methyl/N-ethyl adjacent to an activating group) is 1.